The summed E-state index contributed by atoms with van der Waals surface area (Å²) in [6, 6.07) is 21.3. The van der Waals surface area contributed by atoms with Crippen LogP contribution in [0.5, 0.6) is 0 Å². The molecule has 1 saturated heterocycles. The molecule has 1 heterocycles. The van der Waals surface area contributed by atoms with Crippen molar-refractivity contribution in [2.24, 2.45) is 0 Å². The minimum absolute atomic E-state index is 0.0264. The summed E-state index contributed by atoms with van der Waals surface area (Å²) in [5.74, 6) is -1.69. The van der Waals surface area contributed by atoms with Crippen LogP contribution in [0.15, 0.2) is 84.4 Å². The number of benzene rings is 3. The number of halogens is 2. The van der Waals surface area contributed by atoms with Crippen molar-refractivity contribution < 1.29 is 14.7 Å². The average Bonchev–Trinajstić information content (AvgIpc) is 3.00. The molecule has 0 spiro atoms. The number of carbonyl (C=O) groups is 2. The van der Waals surface area contributed by atoms with Gasteiger partial charge in [-0.3, -0.25) is 14.5 Å². The van der Waals surface area contributed by atoms with Gasteiger partial charge in [-0.15, -0.1) is 0 Å². The molecule has 4 nitrogen and oxygen atoms in total. The molecule has 144 valence electrons. The number of amides is 1. The van der Waals surface area contributed by atoms with Crippen LogP contribution in [0.4, 0.5) is 5.69 Å². The highest BCUT2D eigenvalue weighted by Gasteiger charge is 2.46. The first kappa shape index (κ1) is 19.2. The van der Waals surface area contributed by atoms with Gasteiger partial charge in [-0.05, 0) is 42.0 Å². The Kier molecular flexibility index (Phi) is 5.14. The molecular weight excluding hydrogens is 409 g/mol. The molecule has 0 bridgehead atoms. The minimum atomic E-state index is -0.798. The van der Waals surface area contributed by atoms with E-state index in [1.807, 2.05) is 0 Å². The summed E-state index contributed by atoms with van der Waals surface area (Å²) >= 11 is 12.0. The van der Waals surface area contributed by atoms with Crippen LogP contribution in [0.25, 0.3) is 5.76 Å². The Balaban J connectivity index is 1.94. The second-order valence-electron chi connectivity index (χ2n) is 6.56. The van der Waals surface area contributed by atoms with E-state index in [1.165, 1.54) is 4.90 Å². The van der Waals surface area contributed by atoms with E-state index in [1.54, 1.807) is 78.9 Å². The van der Waals surface area contributed by atoms with E-state index >= 15 is 0 Å². The fourth-order valence-corrected chi connectivity index (χ4v) is 3.66. The highest BCUT2D eigenvalue weighted by Crippen LogP contribution is 2.42. The Morgan fingerprint density at radius 2 is 1.34 bits per heavy atom. The Bertz CT molecular complexity index is 1110. The van der Waals surface area contributed by atoms with Gasteiger partial charge in [-0.1, -0.05) is 65.7 Å². The Hall–Kier alpha value is -3.08. The zero-order valence-corrected chi connectivity index (χ0v) is 16.6. The number of ketones is 1. The first-order valence-electron chi connectivity index (χ1n) is 8.85. The second-order valence-corrected chi connectivity index (χ2v) is 7.44. The lowest BCUT2D eigenvalue weighted by Gasteiger charge is -2.25. The summed E-state index contributed by atoms with van der Waals surface area (Å²) < 4.78 is 0. The molecule has 1 aliphatic heterocycles. The van der Waals surface area contributed by atoms with E-state index in [9.17, 15) is 14.7 Å². The molecule has 4 rings (SSSR count). The van der Waals surface area contributed by atoms with E-state index in [0.29, 0.717) is 26.9 Å². The van der Waals surface area contributed by atoms with Gasteiger partial charge in [0.05, 0.1) is 11.6 Å². The predicted molar refractivity (Wildman–Crippen MR) is 114 cm³/mol. The summed E-state index contributed by atoms with van der Waals surface area (Å²) in [5.41, 5.74) is 1.64. The second kappa shape index (κ2) is 7.74. The van der Waals surface area contributed by atoms with Gasteiger partial charge in [-0.2, -0.15) is 0 Å². The number of Topliss-reactive ketones (excluding diaryl/α,β-unsaturated/α-hetero) is 1. The third-order valence-electron chi connectivity index (χ3n) is 4.78. The van der Waals surface area contributed by atoms with E-state index in [2.05, 4.69) is 0 Å². The van der Waals surface area contributed by atoms with Crippen LogP contribution >= 0.6 is 23.2 Å². The molecule has 0 saturated carbocycles. The van der Waals surface area contributed by atoms with Gasteiger partial charge in [0.1, 0.15) is 5.76 Å². The third kappa shape index (κ3) is 3.53. The molecule has 3 aromatic carbocycles. The van der Waals surface area contributed by atoms with Crippen LogP contribution in [0.1, 0.15) is 17.2 Å². The minimum Gasteiger partial charge on any atom is -0.507 e. The summed E-state index contributed by atoms with van der Waals surface area (Å²) in [6.07, 6.45) is 0. The normalized spacial score (nSPS) is 18.3. The van der Waals surface area contributed by atoms with Crippen molar-refractivity contribution >= 4 is 46.3 Å². The highest BCUT2D eigenvalue weighted by atomic mass is 35.5. The number of nitrogens with zero attached hydrogens (tertiary/aromatic N) is 1. The lowest BCUT2D eigenvalue weighted by Crippen LogP contribution is -2.29. The van der Waals surface area contributed by atoms with Gasteiger partial charge in [0, 0.05) is 21.3 Å². The Morgan fingerprint density at radius 1 is 0.793 bits per heavy atom. The molecule has 1 fully saturated rings. The molecule has 1 aliphatic rings. The number of carbonyl (C=O) groups excluding carboxylic acids is 2. The zero-order chi connectivity index (χ0) is 20.5. The maximum absolute atomic E-state index is 13.0. The molecule has 1 N–H and O–H groups in total. The molecular formula is C23H15Cl2NO3. The van der Waals surface area contributed by atoms with Gasteiger partial charge >= 0.3 is 0 Å². The number of hydrogen-bond donors (Lipinski definition) is 1. The number of aliphatic hydroxyl groups excluding tert-OH is 1. The fourth-order valence-electron chi connectivity index (χ4n) is 3.41. The Morgan fingerprint density at radius 3 is 1.93 bits per heavy atom. The largest absolute Gasteiger partial charge is 0.507 e. The zero-order valence-electron chi connectivity index (χ0n) is 15.0. The Labute approximate surface area is 177 Å². The average molecular weight is 424 g/mol. The van der Waals surface area contributed by atoms with Crippen molar-refractivity contribution in [1.82, 2.24) is 0 Å². The van der Waals surface area contributed by atoms with Crippen LogP contribution in [-0.4, -0.2) is 16.8 Å². The molecule has 1 atom stereocenters. The summed E-state index contributed by atoms with van der Waals surface area (Å²) in [7, 11) is 0. The summed E-state index contributed by atoms with van der Waals surface area (Å²) in [6.45, 7) is 0. The van der Waals surface area contributed by atoms with Gasteiger partial charge in [0.25, 0.3) is 11.7 Å². The standard InChI is InChI=1S/C23H15Cl2NO3/c24-16-8-6-14(7-9-16)20-19(21(27)15-4-2-1-3-5-15)22(28)23(29)26(20)18-12-10-17(25)11-13-18/h1-13,20,27H. The van der Waals surface area contributed by atoms with E-state index in [4.69, 9.17) is 23.2 Å². The van der Waals surface area contributed by atoms with Gasteiger partial charge in [0.15, 0.2) is 0 Å². The number of rotatable bonds is 3. The SMILES string of the molecule is O=C1C(=O)N(c2ccc(Cl)cc2)C(c2ccc(Cl)cc2)C1=C(O)c1ccccc1. The molecule has 0 aromatic heterocycles. The summed E-state index contributed by atoms with van der Waals surface area (Å²) in [5, 5.41) is 12.0. The van der Waals surface area contributed by atoms with Crippen LogP contribution in [-0.2, 0) is 9.59 Å². The lowest BCUT2D eigenvalue weighted by atomic mass is 9.95. The smallest absolute Gasteiger partial charge is 0.300 e. The fraction of sp³-hybridized carbons (Fsp3) is 0.0435. The first-order chi connectivity index (χ1) is 14.0. The third-order valence-corrected chi connectivity index (χ3v) is 5.29. The van der Waals surface area contributed by atoms with Crippen molar-refractivity contribution in [3.05, 3.63) is 106 Å². The van der Waals surface area contributed by atoms with Crippen molar-refractivity contribution in [2.45, 2.75) is 6.04 Å². The summed E-state index contributed by atoms with van der Waals surface area (Å²) in [4.78, 5) is 27.3. The van der Waals surface area contributed by atoms with E-state index < -0.39 is 17.7 Å². The molecule has 1 amide bonds. The number of aliphatic hydroxyl groups is 1. The van der Waals surface area contributed by atoms with Crippen molar-refractivity contribution in [2.75, 3.05) is 4.90 Å². The lowest BCUT2D eigenvalue weighted by molar-refractivity contribution is -0.132. The molecule has 0 aliphatic carbocycles. The van der Waals surface area contributed by atoms with E-state index in [-0.39, 0.29) is 11.3 Å². The topological polar surface area (TPSA) is 57.6 Å². The molecule has 3 aromatic rings. The van der Waals surface area contributed by atoms with E-state index in [0.717, 1.165) is 0 Å². The van der Waals surface area contributed by atoms with Crippen LogP contribution in [0.3, 0.4) is 0 Å². The van der Waals surface area contributed by atoms with Gasteiger partial charge in [0.2, 0.25) is 0 Å². The monoisotopic (exact) mass is 423 g/mol. The molecule has 0 radical (unpaired) electrons. The van der Waals surface area contributed by atoms with Crippen LogP contribution in [0, 0.1) is 0 Å². The van der Waals surface area contributed by atoms with Crippen LogP contribution < -0.4 is 4.90 Å². The predicted octanol–water partition coefficient (Wildman–Crippen LogP) is 5.62. The highest BCUT2D eigenvalue weighted by molar-refractivity contribution is 6.51. The maximum atomic E-state index is 13.0. The van der Waals surface area contributed by atoms with Crippen molar-refractivity contribution in [1.29, 1.82) is 0 Å². The van der Waals surface area contributed by atoms with Gasteiger partial charge in [-0.25, -0.2) is 0 Å². The van der Waals surface area contributed by atoms with Crippen molar-refractivity contribution in [3.8, 4) is 0 Å². The number of anilines is 1. The molecule has 6 heteroatoms. The first-order valence-corrected chi connectivity index (χ1v) is 9.60. The molecule has 1 unspecified atom stereocenters. The molecule has 29 heavy (non-hydrogen) atoms. The van der Waals surface area contributed by atoms with Crippen LogP contribution in [0.2, 0.25) is 10.0 Å². The van der Waals surface area contributed by atoms with Gasteiger partial charge < -0.3 is 5.11 Å². The van der Waals surface area contributed by atoms with Crippen molar-refractivity contribution in [3.63, 3.8) is 0 Å². The maximum Gasteiger partial charge on any atom is 0.300 e. The quantitative estimate of drug-likeness (QED) is 0.337. The number of hydrogen-bond acceptors (Lipinski definition) is 3.